The molecule has 3 nitrogen and oxygen atoms in total. The number of aryl methyl sites for hydroxylation is 2. The van der Waals surface area contributed by atoms with Crippen LogP contribution in [0.4, 0.5) is 0 Å². The van der Waals surface area contributed by atoms with Crippen LogP contribution in [-0.4, -0.2) is 16.0 Å². The van der Waals surface area contributed by atoms with Crippen molar-refractivity contribution in [3.8, 4) is 0 Å². The van der Waals surface area contributed by atoms with Crippen molar-refractivity contribution < 1.29 is 15.0 Å². The second kappa shape index (κ2) is 8.30. The number of carbonyl (C=O) groups is 1. The fourth-order valence-electron chi connectivity index (χ4n) is 3.34. The Morgan fingerprint density at radius 1 is 0.741 bits per heavy atom. The summed E-state index contributed by atoms with van der Waals surface area (Å²) in [5.74, 6) is -1.28. The van der Waals surface area contributed by atoms with Gasteiger partial charge in [0.1, 0.15) is 0 Å². The van der Waals surface area contributed by atoms with E-state index in [0.29, 0.717) is 16.7 Å². The molecule has 3 atom stereocenters. The van der Waals surface area contributed by atoms with Crippen LogP contribution in [-0.2, 0) is 0 Å². The molecule has 2 N–H and O–H groups in total. The molecule has 138 valence electrons. The molecular weight excluding hydrogens is 336 g/mol. The third kappa shape index (κ3) is 4.16. The molecule has 3 aromatic rings. The van der Waals surface area contributed by atoms with Crippen LogP contribution in [0, 0.1) is 19.8 Å². The van der Waals surface area contributed by atoms with E-state index >= 15 is 0 Å². The van der Waals surface area contributed by atoms with Gasteiger partial charge in [0.05, 0.1) is 18.1 Å². The second-order valence-electron chi connectivity index (χ2n) is 6.91. The minimum atomic E-state index is -1.12. The number of carbonyl (C=O) groups excluding carboxylic acids is 1. The van der Waals surface area contributed by atoms with Crippen molar-refractivity contribution in [2.24, 2.45) is 5.92 Å². The zero-order valence-electron chi connectivity index (χ0n) is 15.5. The molecule has 3 aromatic carbocycles. The van der Waals surface area contributed by atoms with Crippen molar-refractivity contribution in [1.29, 1.82) is 0 Å². The number of benzene rings is 3. The minimum Gasteiger partial charge on any atom is -0.388 e. The fourth-order valence-corrected chi connectivity index (χ4v) is 3.34. The van der Waals surface area contributed by atoms with E-state index < -0.39 is 18.1 Å². The molecule has 0 saturated heterocycles. The standard InChI is InChI=1S/C24H24O3/c1-16-12-14-19(15-13-16)23(26)21(22(25)18-9-4-3-5-10-18)24(27)20-11-7-6-8-17(20)2/h3-15,21,23-24,26-27H,1-2H3/t21?,23-,24-/m1/s1. The van der Waals surface area contributed by atoms with Gasteiger partial charge in [0.2, 0.25) is 0 Å². The van der Waals surface area contributed by atoms with Gasteiger partial charge < -0.3 is 10.2 Å². The average molecular weight is 360 g/mol. The molecule has 0 radical (unpaired) electrons. The zero-order chi connectivity index (χ0) is 19.4. The lowest BCUT2D eigenvalue weighted by molar-refractivity contribution is 0.0141. The fraction of sp³-hybridized carbons (Fsp3) is 0.208. The monoisotopic (exact) mass is 360 g/mol. The maximum Gasteiger partial charge on any atom is 0.171 e. The number of Topliss-reactive ketones (excluding diaryl/α,β-unsaturated/α-hetero) is 1. The topological polar surface area (TPSA) is 57.5 Å². The summed E-state index contributed by atoms with van der Waals surface area (Å²) in [6.07, 6.45) is -2.23. The molecule has 1 unspecified atom stereocenters. The van der Waals surface area contributed by atoms with Crippen LogP contribution in [0.1, 0.15) is 44.8 Å². The third-order valence-electron chi connectivity index (χ3n) is 4.97. The Labute approximate surface area is 159 Å². The molecule has 0 spiro atoms. The Morgan fingerprint density at radius 2 is 1.33 bits per heavy atom. The first-order valence-corrected chi connectivity index (χ1v) is 9.06. The molecule has 0 aliphatic carbocycles. The van der Waals surface area contributed by atoms with Crippen LogP contribution in [0.25, 0.3) is 0 Å². The maximum atomic E-state index is 13.2. The van der Waals surface area contributed by atoms with E-state index in [0.717, 1.165) is 11.1 Å². The number of rotatable bonds is 6. The van der Waals surface area contributed by atoms with E-state index in [4.69, 9.17) is 0 Å². The summed E-state index contributed by atoms with van der Waals surface area (Å²) in [7, 11) is 0. The van der Waals surface area contributed by atoms with Gasteiger partial charge in [0, 0.05) is 5.56 Å². The van der Waals surface area contributed by atoms with Crippen LogP contribution in [0.5, 0.6) is 0 Å². The number of aliphatic hydroxyl groups is 2. The van der Waals surface area contributed by atoms with Gasteiger partial charge in [-0.25, -0.2) is 0 Å². The predicted octanol–water partition coefficient (Wildman–Crippen LogP) is 4.57. The first-order valence-electron chi connectivity index (χ1n) is 9.06. The van der Waals surface area contributed by atoms with Crippen molar-refractivity contribution in [3.63, 3.8) is 0 Å². The van der Waals surface area contributed by atoms with E-state index in [2.05, 4.69) is 0 Å². The van der Waals surface area contributed by atoms with Crippen LogP contribution in [0.2, 0.25) is 0 Å². The highest BCUT2D eigenvalue weighted by molar-refractivity contribution is 5.98. The van der Waals surface area contributed by atoms with Crippen LogP contribution >= 0.6 is 0 Å². The molecule has 0 aliphatic rings. The van der Waals surface area contributed by atoms with Gasteiger partial charge >= 0.3 is 0 Å². The Bertz CT molecular complexity index is 900. The number of aliphatic hydroxyl groups excluding tert-OH is 2. The first kappa shape index (κ1) is 19.0. The predicted molar refractivity (Wildman–Crippen MR) is 107 cm³/mol. The van der Waals surface area contributed by atoms with Crippen molar-refractivity contribution >= 4 is 5.78 Å². The van der Waals surface area contributed by atoms with Gasteiger partial charge in [-0.1, -0.05) is 84.4 Å². The summed E-state index contributed by atoms with van der Waals surface area (Å²) in [5, 5.41) is 22.1. The highest BCUT2D eigenvalue weighted by atomic mass is 16.3. The van der Waals surface area contributed by atoms with Crippen molar-refractivity contribution in [1.82, 2.24) is 0 Å². The zero-order valence-corrected chi connectivity index (χ0v) is 15.5. The molecule has 0 fully saturated rings. The van der Waals surface area contributed by atoms with Crippen LogP contribution in [0.3, 0.4) is 0 Å². The summed E-state index contributed by atoms with van der Waals surface area (Å²) < 4.78 is 0. The third-order valence-corrected chi connectivity index (χ3v) is 4.97. The Hall–Kier alpha value is -2.75. The van der Waals surface area contributed by atoms with E-state index in [1.807, 2.05) is 50.2 Å². The summed E-state index contributed by atoms with van der Waals surface area (Å²) in [4.78, 5) is 13.2. The highest BCUT2D eigenvalue weighted by Gasteiger charge is 2.36. The summed E-state index contributed by atoms with van der Waals surface area (Å²) in [6.45, 7) is 3.85. The maximum absolute atomic E-state index is 13.2. The van der Waals surface area contributed by atoms with Gasteiger partial charge in [0.25, 0.3) is 0 Å². The molecule has 0 aliphatic heterocycles. The molecule has 27 heavy (non-hydrogen) atoms. The molecule has 0 amide bonds. The summed E-state index contributed by atoms with van der Waals surface area (Å²) in [5.41, 5.74) is 3.69. The molecular formula is C24H24O3. The van der Waals surface area contributed by atoms with Crippen molar-refractivity contribution in [2.45, 2.75) is 26.1 Å². The summed E-state index contributed by atoms with van der Waals surface area (Å²) >= 11 is 0. The van der Waals surface area contributed by atoms with Gasteiger partial charge in [0.15, 0.2) is 5.78 Å². The normalized spacial score (nSPS) is 14.4. The molecule has 0 saturated carbocycles. The van der Waals surface area contributed by atoms with Crippen LogP contribution < -0.4 is 0 Å². The number of ketones is 1. The molecule has 0 aromatic heterocycles. The Morgan fingerprint density at radius 3 is 1.96 bits per heavy atom. The SMILES string of the molecule is Cc1ccc([C@@H](O)C(C(=O)c2ccccc2)[C@H](O)c2ccccc2C)cc1. The summed E-state index contributed by atoms with van der Waals surface area (Å²) in [6, 6.07) is 23.6. The lowest BCUT2D eigenvalue weighted by Gasteiger charge is -2.28. The number of hydrogen-bond donors (Lipinski definition) is 2. The van der Waals surface area contributed by atoms with Gasteiger partial charge in [-0.3, -0.25) is 4.79 Å². The van der Waals surface area contributed by atoms with Gasteiger partial charge in [-0.15, -0.1) is 0 Å². The minimum absolute atomic E-state index is 0.278. The molecule has 0 bridgehead atoms. The van der Waals surface area contributed by atoms with E-state index in [1.165, 1.54) is 0 Å². The van der Waals surface area contributed by atoms with E-state index in [9.17, 15) is 15.0 Å². The first-order chi connectivity index (χ1) is 13.0. The lowest BCUT2D eigenvalue weighted by Crippen LogP contribution is -2.29. The van der Waals surface area contributed by atoms with Gasteiger partial charge in [-0.05, 0) is 30.5 Å². The Kier molecular flexibility index (Phi) is 5.84. The van der Waals surface area contributed by atoms with Crippen molar-refractivity contribution in [3.05, 3.63) is 107 Å². The van der Waals surface area contributed by atoms with Crippen LogP contribution in [0.15, 0.2) is 78.9 Å². The highest BCUT2D eigenvalue weighted by Crippen LogP contribution is 2.36. The van der Waals surface area contributed by atoms with Gasteiger partial charge in [-0.2, -0.15) is 0 Å². The quantitative estimate of drug-likeness (QED) is 0.633. The average Bonchev–Trinajstić information content (AvgIpc) is 2.69. The smallest absolute Gasteiger partial charge is 0.171 e. The Balaban J connectivity index is 2.04. The molecule has 3 heteroatoms. The van der Waals surface area contributed by atoms with E-state index in [-0.39, 0.29) is 5.78 Å². The molecule has 0 heterocycles. The lowest BCUT2D eigenvalue weighted by atomic mass is 9.81. The molecule has 3 rings (SSSR count). The van der Waals surface area contributed by atoms with Crippen molar-refractivity contribution in [2.75, 3.05) is 0 Å². The number of hydrogen-bond acceptors (Lipinski definition) is 3. The van der Waals surface area contributed by atoms with E-state index in [1.54, 1.807) is 42.5 Å². The second-order valence-corrected chi connectivity index (χ2v) is 6.91. The largest absolute Gasteiger partial charge is 0.388 e.